The van der Waals surface area contributed by atoms with Crippen LogP contribution in [0.4, 0.5) is 5.69 Å². The largest absolute Gasteiger partial charge is 0.350 e. The Kier molecular flexibility index (Phi) is 7.44. The molecule has 1 unspecified atom stereocenters. The van der Waals surface area contributed by atoms with Gasteiger partial charge in [0.2, 0.25) is 11.8 Å². The molecule has 40 heavy (non-hydrogen) atoms. The van der Waals surface area contributed by atoms with Crippen LogP contribution in [0, 0.1) is 6.92 Å². The van der Waals surface area contributed by atoms with E-state index in [1.54, 1.807) is 15.9 Å². The molecular formula is C34H35N3O3. The number of nitrogens with one attached hydrogen (secondary N) is 1. The first-order valence-electron chi connectivity index (χ1n) is 13.7. The number of nitrogens with zero attached hydrogens (tertiary/aromatic N) is 2. The van der Waals surface area contributed by atoms with Crippen LogP contribution in [0.1, 0.15) is 47.8 Å². The van der Waals surface area contributed by atoms with E-state index in [0.717, 1.165) is 33.2 Å². The fourth-order valence-electron chi connectivity index (χ4n) is 5.38. The lowest BCUT2D eigenvalue weighted by Gasteiger charge is -2.35. The Labute approximate surface area is 235 Å². The normalized spacial score (nSPS) is 13.4. The van der Waals surface area contributed by atoms with E-state index in [1.807, 2.05) is 113 Å². The van der Waals surface area contributed by atoms with Crippen LogP contribution in [0.15, 0.2) is 91.0 Å². The Balaban J connectivity index is 1.53. The van der Waals surface area contributed by atoms with Gasteiger partial charge in [-0.2, -0.15) is 0 Å². The van der Waals surface area contributed by atoms with Gasteiger partial charge >= 0.3 is 0 Å². The summed E-state index contributed by atoms with van der Waals surface area (Å²) in [6.07, 6.45) is 0.351. The van der Waals surface area contributed by atoms with Gasteiger partial charge < -0.3 is 10.2 Å². The number of anilines is 1. The van der Waals surface area contributed by atoms with Gasteiger partial charge in [0.25, 0.3) is 5.91 Å². The van der Waals surface area contributed by atoms with Gasteiger partial charge in [0.1, 0.15) is 12.6 Å². The lowest BCUT2D eigenvalue weighted by Crippen LogP contribution is -2.56. The standard InChI is InChI=1S/C34H35N3O3/c1-23-11-8-14-25(19-23)21-36(29(32(39)35-34(2,3)4)20-24-12-6-5-7-13-24)30(38)22-37-28-18-10-16-26-15-9-17-27(31(26)28)33(37)40/h5-19,29H,20-22H2,1-4H3,(H,35,39). The maximum atomic E-state index is 14.3. The number of hydrogen-bond donors (Lipinski definition) is 1. The first-order valence-corrected chi connectivity index (χ1v) is 13.7. The minimum absolute atomic E-state index is 0.160. The zero-order valence-electron chi connectivity index (χ0n) is 23.5. The van der Waals surface area contributed by atoms with Crippen LogP contribution in [-0.2, 0) is 22.6 Å². The number of benzene rings is 4. The molecule has 3 amide bonds. The van der Waals surface area contributed by atoms with Crippen molar-refractivity contribution in [2.45, 2.75) is 52.2 Å². The SMILES string of the molecule is Cc1cccc(CN(C(=O)CN2C(=O)c3cccc4cccc2c34)C(Cc2ccccc2)C(=O)NC(C)(C)C)c1. The van der Waals surface area contributed by atoms with Crippen LogP contribution in [0.2, 0.25) is 0 Å². The Morgan fingerprint density at radius 2 is 1.55 bits per heavy atom. The lowest BCUT2D eigenvalue weighted by molar-refractivity contribution is -0.140. The molecule has 4 aromatic rings. The van der Waals surface area contributed by atoms with Gasteiger partial charge in [0.05, 0.1) is 5.69 Å². The summed E-state index contributed by atoms with van der Waals surface area (Å²) in [5.41, 5.74) is 3.78. The summed E-state index contributed by atoms with van der Waals surface area (Å²) in [4.78, 5) is 44.8. The summed E-state index contributed by atoms with van der Waals surface area (Å²) in [5.74, 6) is -0.713. The Bertz CT molecular complexity index is 1570. The van der Waals surface area contributed by atoms with Crippen LogP contribution in [0.25, 0.3) is 10.8 Å². The van der Waals surface area contributed by atoms with Crippen molar-refractivity contribution in [2.75, 3.05) is 11.4 Å². The van der Waals surface area contributed by atoms with Crippen molar-refractivity contribution in [1.29, 1.82) is 0 Å². The van der Waals surface area contributed by atoms with Crippen molar-refractivity contribution in [3.63, 3.8) is 0 Å². The molecule has 4 aromatic carbocycles. The lowest BCUT2D eigenvalue weighted by atomic mass is 10.0. The minimum atomic E-state index is -0.773. The predicted octanol–water partition coefficient (Wildman–Crippen LogP) is 5.66. The third-order valence-electron chi connectivity index (χ3n) is 7.15. The molecule has 204 valence electrons. The molecule has 0 radical (unpaired) electrons. The van der Waals surface area contributed by atoms with E-state index in [1.165, 1.54) is 0 Å². The molecule has 0 saturated heterocycles. The molecule has 0 bridgehead atoms. The molecule has 0 spiro atoms. The van der Waals surface area contributed by atoms with Crippen molar-refractivity contribution in [3.05, 3.63) is 113 Å². The summed E-state index contributed by atoms with van der Waals surface area (Å²) in [5, 5.41) is 4.91. The summed E-state index contributed by atoms with van der Waals surface area (Å²) < 4.78 is 0. The Morgan fingerprint density at radius 1 is 0.875 bits per heavy atom. The summed E-state index contributed by atoms with van der Waals surface area (Å²) in [6.45, 7) is 7.87. The van der Waals surface area contributed by atoms with Crippen molar-refractivity contribution in [3.8, 4) is 0 Å². The zero-order valence-corrected chi connectivity index (χ0v) is 23.5. The molecule has 6 heteroatoms. The van der Waals surface area contributed by atoms with E-state index in [0.29, 0.717) is 12.0 Å². The second-order valence-corrected chi connectivity index (χ2v) is 11.5. The predicted molar refractivity (Wildman–Crippen MR) is 159 cm³/mol. The molecule has 0 aromatic heterocycles. The van der Waals surface area contributed by atoms with Crippen LogP contribution in [0.5, 0.6) is 0 Å². The molecular weight excluding hydrogens is 498 g/mol. The summed E-state index contributed by atoms with van der Waals surface area (Å²) in [6, 6.07) is 28.3. The van der Waals surface area contributed by atoms with E-state index >= 15 is 0 Å². The van der Waals surface area contributed by atoms with Gasteiger partial charge in [-0.3, -0.25) is 19.3 Å². The second-order valence-electron chi connectivity index (χ2n) is 11.5. The monoisotopic (exact) mass is 533 g/mol. The van der Waals surface area contributed by atoms with Crippen LogP contribution in [-0.4, -0.2) is 40.7 Å². The van der Waals surface area contributed by atoms with Gasteiger partial charge in [0, 0.05) is 29.5 Å². The molecule has 0 fully saturated rings. The highest BCUT2D eigenvalue weighted by molar-refractivity contribution is 6.26. The van der Waals surface area contributed by atoms with Crippen LogP contribution in [0.3, 0.4) is 0 Å². The van der Waals surface area contributed by atoms with E-state index in [2.05, 4.69) is 5.32 Å². The highest BCUT2D eigenvalue weighted by Gasteiger charge is 2.36. The molecule has 1 aliphatic heterocycles. The highest BCUT2D eigenvalue weighted by atomic mass is 16.2. The number of aryl methyl sites for hydroxylation is 1. The fourth-order valence-corrected chi connectivity index (χ4v) is 5.38. The first-order chi connectivity index (χ1) is 19.1. The van der Waals surface area contributed by atoms with Crippen LogP contribution >= 0.6 is 0 Å². The Hall–Kier alpha value is -4.45. The van der Waals surface area contributed by atoms with E-state index < -0.39 is 11.6 Å². The first kappa shape index (κ1) is 27.1. The van der Waals surface area contributed by atoms with E-state index in [-0.39, 0.29) is 30.8 Å². The third-order valence-corrected chi connectivity index (χ3v) is 7.15. The number of rotatable bonds is 8. The van der Waals surface area contributed by atoms with Crippen molar-refractivity contribution in [1.82, 2.24) is 10.2 Å². The maximum Gasteiger partial charge on any atom is 0.259 e. The summed E-state index contributed by atoms with van der Waals surface area (Å²) >= 11 is 0. The average Bonchev–Trinajstić information content (AvgIpc) is 3.18. The molecule has 1 aliphatic rings. The molecule has 0 aliphatic carbocycles. The number of hydrogen-bond acceptors (Lipinski definition) is 3. The van der Waals surface area contributed by atoms with Gasteiger partial charge in [0.15, 0.2) is 0 Å². The molecule has 5 rings (SSSR count). The van der Waals surface area contributed by atoms with Gasteiger partial charge in [-0.15, -0.1) is 0 Å². The van der Waals surface area contributed by atoms with Crippen molar-refractivity contribution >= 4 is 34.2 Å². The molecule has 6 nitrogen and oxygen atoms in total. The average molecular weight is 534 g/mol. The van der Waals surface area contributed by atoms with Crippen molar-refractivity contribution < 1.29 is 14.4 Å². The molecule has 1 N–H and O–H groups in total. The number of carbonyl (C=O) groups excluding carboxylic acids is 3. The maximum absolute atomic E-state index is 14.3. The van der Waals surface area contributed by atoms with Crippen LogP contribution < -0.4 is 10.2 Å². The number of amides is 3. The van der Waals surface area contributed by atoms with Gasteiger partial charge in [-0.25, -0.2) is 0 Å². The highest BCUT2D eigenvalue weighted by Crippen LogP contribution is 2.37. The Morgan fingerprint density at radius 3 is 2.25 bits per heavy atom. The minimum Gasteiger partial charge on any atom is -0.350 e. The quantitative estimate of drug-likeness (QED) is 0.318. The second kappa shape index (κ2) is 11.0. The van der Waals surface area contributed by atoms with Gasteiger partial charge in [-0.1, -0.05) is 84.4 Å². The third kappa shape index (κ3) is 5.76. The topological polar surface area (TPSA) is 69.7 Å². The van der Waals surface area contributed by atoms with Gasteiger partial charge in [-0.05, 0) is 56.3 Å². The smallest absolute Gasteiger partial charge is 0.259 e. The molecule has 0 saturated carbocycles. The molecule has 1 heterocycles. The molecule has 1 atom stereocenters. The van der Waals surface area contributed by atoms with E-state index in [9.17, 15) is 14.4 Å². The summed E-state index contributed by atoms with van der Waals surface area (Å²) in [7, 11) is 0. The number of carbonyl (C=O) groups is 3. The fraction of sp³-hybridized carbons (Fsp3) is 0.265. The van der Waals surface area contributed by atoms with Crippen molar-refractivity contribution in [2.24, 2.45) is 0 Å². The van der Waals surface area contributed by atoms with E-state index in [4.69, 9.17) is 0 Å². The zero-order chi connectivity index (χ0) is 28.4.